The first-order valence-corrected chi connectivity index (χ1v) is 11.9. The van der Waals surface area contributed by atoms with Crippen LogP contribution >= 0.6 is 0 Å². The maximum Gasteiger partial charge on any atom is 0.252 e. The summed E-state index contributed by atoms with van der Waals surface area (Å²) in [4.78, 5) is 12.7. The van der Waals surface area contributed by atoms with Gasteiger partial charge in [0, 0.05) is 5.54 Å². The number of amides is 1. The highest BCUT2D eigenvalue weighted by molar-refractivity contribution is 7.92. The standard InChI is InChI=1S/C23H29FN2O5S/c1-15-5-6-17(24)13-16(15)14-31-18-7-9-19(10-8-18)32(29,30)20-11-12-25-22(2,3)23(20,4)21(27)26-28/h5-10,13,20,25,28H,11-12,14H2,1-4H3,(H,26,27). The average molecular weight is 465 g/mol. The van der Waals surface area contributed by atoms with E-state index in [1.807, 2.05) is 6.92 Å². The Labute approximate surface area is 187 Å². The van der Waals surface area contributed by atoms with Crippen molar-refractivity contribution in [2.24, 2.45) is 5.41 Å². The number of sulfone groups is 1. The number of rotatable bonds is 6. The maximum absolute atomic E-state index is 13.5. The summed E-state index contributed by atoms with van der Waals surface area (Å²) in [6.07, 6.45) is 0.215. The van der Waals surface area contributed by atoms with E-state index >= 15 is 0 Å². The molecular weight excluding hydrogens is 435 g/mol. The zero-order chi connectivity index (χ0) is 23.7. The molecule has 32 heavy (non-hydrogen) atoms. The van der Waals surface area contributed by atoms with E-state index in [1.165, 1.54) is 36.4 Å². The first-order chi connectivity index (χ1) is 14.9. The average Bonchev–Trinajstić information content (AvgIpc) is 2.75. The molecule has 1 amide bonds. The second kappa shape index (κ2) is 8.80. The second-order valence-electron chi connectivity index (χ2n) is 8.85. The summed E-state index contributed by atoms with van der Waals surface area (Å²) >= 11 is 0. The van der Waals surface area contributed by atoms with Crippen molar-refractivity contribution in [3.63, 3.8) is 0 Å². The van der Waals surface area contributed by atoms with E-state index < -0.39 is 31.9 Å². The Morgan fingerprint density at radius 3 is 2.50 bits per heavy atom. The number of carbonyl (C=O) groups is 1. The summed E-state index contributed by atoms with van der Waals surface area (Å²) in [7, 11) is -3.91. The topological polar surface area (TPSA) is 105 Å². The molecule has 1 heterocycles. The number of piperidine rings is 1. The molecule has 0 saturated carbocycles. The Morgan fingerprint density at radius 1 is 1.22 bits per heavy atom. The quantitative estimate of drug-likeness (QED) is 0.448. The van der Waals surface area contributed by atoms with Crippen molar-refractivity contribution in [1.29, 1.82) is 0 Å². The van der Waals surface area contributed by atoms with Gasteiger partial charge in [-0.1, -0.05) is 6.07 Å². The summed E-state index contributed by atoms with van der Waals surface area (Å²) < 4.78 is 46.2. The number of benzene rings is 2. The normalized spacial score (nSPS) is 22.9. The smallest absolute Gasteiger partial charge is 0.252 e. The summed E-state index contributed by atoms with van der Waals surface area (Å²) in [5.41, 5.74) is 0.945. The molecule has 3 rings (SSSR count). The second-order valence-corrected chi connectivity index (χ2v) is 11.0. The largest absolute Gasteiger partial charge is 0.489 e. The van der Waals surface area contributed by atoms with Crippen LogP contribution in [0.2, 0.25) is 0 Å². The number of hydroxylamine groups is 1. The van der Waals surface area contributed by atoms with Crippen LogP contribution in [-0.4, -0.2) is 36.9 Å². The molecule has 7 nitrogen and oxygen atoms in total. The van der Waals surface area contributed by atoms with Crippen molar-refractivity contribution in [2.75, 3.05) is 6.54 Å². The molecule has 1 aliphatic heterocycles. The van der Waals surface area contributed by atoms with Gasteiger partial charge in [-0.3, -0.25) is 10.0 Å². The lowest BCUT2D eigenvalue weighted by Crippen LogP contribution is -2.69. The molecule has 0 bridgehead atoms. The van der Waals surface area contributed by atoms with Crippen LogP contribution in [0.5, 0.6) is 5.75 Å². The summed E-state index contributed by atoms with van der Waals surface area (Å²) in [5.74, 6) is -0.668. The van der Waals surface area contributed by atoms with Crippen molar-refractivity contribution in [2.45, 2.75) is 56.4 Å². The van der Waals surface area contributed by atoms with Gasteiger partial charge in [0.25, 0.3) is 5.91 Å². The number of halogens is 1. The lowest BCUT2D eigenvalue weighted by atomic mass is 9.66. The van der Waals surface area contributed by atoms with E-state index in [0.717, 1.165) is 5.56 Å². The van der Waals surface area contributed by atoms with Gasteiger partial charge in [-0.15, -0.1) is 0 Å². The van der Waals surface area contributed by atoms with Gasteiger partial charge in [-0.05, 0) is 88.2 Å². The SMILES string of the molecule is Cc1ccc(F)cc1COc1ccc(S(=O)(=O)C2CCNC(C)(C)C2(C)C(=O)NO)cc1. The molecule has 174 valence electrons. The fourth-order valence-corrected chi connectivity index (χ4v) is 6.54. The summed E-state index contributed by atoms with van der Waals surface area (Å²) in [6, 6.07) is 10.4. The molecule has 2 aromatic rings. The highest BCUT2D eigenvalue weighted by Gasteiger charge is 2.59. The molecule has 1 aliphatic rings. The van der Waals surface area contributed by atoms with Gasteiger partial charge in [-0.25, -0.2) is 18.3 Å². The molecule has 9 heteroatoms. The van der Waals surface area contributed by atoms with Gasteiger partial charge in [0.15, 0.2) is 9.84 Å². The monoisotopic (exact) mass is 464 g/mol. The first kappa shape index (κ1) is 24.2. The van der Waals surface area contributed by atoms with Gasteiger partial charge >= 0.3 is 0 Å². The molecule has 2 atom stereocenters. The van der Waals surface area contributed by atoms with Crippen molar-refractivity contribution < 1.29 is 27.5 Å². The van der Waals surface area contributed by atoms with Crippen LogP contribution in [0.4, 0.5) is 4.39 Å². The number of aryl methyl sites for hydroxylation is 1. The molecule has 2 aromatic carbocycles. The third kappa shape index (κ3) is 4.24. The van der Waals surface area contributed by atoms with E-state index in [9.17, 15) is 22.8 Å². The minimum Gasteiger partial charge on any atom is -0.489 e. The zero-order valence-corrected chi connectivity index (χ0v) is 19.4. The van der Waals surface area contributed by atoms with Crippen LogP contribution in [0.15, 0.2) is 47.4 Å². The third-order valence-corrected chi connectivity index (χ3v) is 9.11. The van der Waals surface area contributed by atoms with Crippen LogP contribution in [0.25, 0.3) is 0 Å². The molecule has 2 unspecified atom stereocenters. The molecule has 1 saturated heterocycles. The van der Waals surface area contributed by atoms with Crippen LogP contribution in [0, 0.1) is 18.2 Å². The predicted octanol–water partition coefficient (Wildman–Crippen LogP) is 3.14. The van der Waals surface area contributed by atoms with Crippen LogP contribution in [0.1, 0.15) is 38.3 Å². The first-order valence-electron chi connectivity index (χ1n) is 10.3. The fourth-order valence-electron chi connectivity index (χ4n) is 4.25. The highest BCUT2D eigenvalue weighted by atomic mass is 32.2. The molecular formula is C23H29FN2O5S. The number of hydrogen-bond donors (Lipinski definition) is 3. The van der Waals surface area contributed by atoms with Crippen molar-refractivity contribution in [3.8, 4) is 5.75 Å². The molecule has 0 aliphatic carbocycles. The Kier molecular flexibility index (Phi) is 6.65. The van der Waals surface area contributed by atoms with Gasteiger partial charge in [-0.2, -0.15) is 0 Å². The molecule has 0 radical (unpaired) electrons. The highest BCUT2D eigenvalue weighted by Crippen LogP contribution is 2.44. The van der Waals surface area contributed by atoms with Gasteiger partial charge in [0.1, 0.15) is 18.2 Å². The Morgan fingerprint density at radius 2 is 1.88 bits per heavy atom. The van der Waals surface area contributed by atoms with Crippen molar-refractivity contribution in [3.05, 3.63) is 59.4 Å². The zero-order valence-electron chi connectivity index (χ0n) is 18.6. The number of ether oxygens (including phenoxy) is 1. The predicted molar refractivity (Wildman–Crippen MR) is 118 cm³/mol. The molecule has 0 spiro atoms. The van der Waals surface area contributed by atoms with Gasteiger partial charge in [0.2, 0.25) is 0 Å². The minimum absolute atomic E-state index is 0.0615. The Bertz CT molecular complexity index is 1100. The fraction of sp³-hybridized carbons (Fsp3) is 0.435. The molecule has 0 aromatic heterocycles. The van der Waals surface area contributed by atoms with E-state index in [2.05, 4.69) is 5.32 Å². The van der Waals surface area contributed by atoms with E-state index in [-0.39, 0.29) is 23.7 Å². The summed E-state index contributed by atoms with van der Waals surface area (Å²) in [6.45, 7) is 7.45. The molecule has 3 N–H and O–H groups in total. The third-order valence-electron chi connectivity index (χ3n) is 6.72. The van der Waals surface area contributed by atoms with E-state index in [1.54, 1.807) is 32.3 Å². The van der Waals surface area contributed by atoms with Gasteiger partial charge in [0.05, 0.1) is 15.6 Å². The van der Waals surface area contributed by atoms with E-state index in [0.29, 0.717) is 17.9 Å². The van der Waals surface area contributed by atoms with Crippen molar-refractivity contribution in [1.82, 2.24) is 10.8 Å². The van der Waals surface area contributed by atoms with Crippen LogP contribution < -0.4 is 15.5 Å². The molecule has 1 fully saturated rings. The Hall–Kier alpha value is -2.49. The van der Waals surface area contributed by atoms with E-state index in [4.69, 9.17) is 4.74 Å². The number of nitrogens with one attached hydrogen (secondary N) is 2. The van der Waals surface area contributed by atoms with Gasteiger partial charge < -0.3 is 10.1 Å². The van der Waals surface area contributed by atoms with Crippen LogP contribution in [-0.2, 0) is 21.2 Å². The van der Waals surface area contributed by atoms with Crippen molar-refractivity contribution >= 4 is 15.7 Å². The Balaban J connectivity index is 1.85. The maximum atomic E-state index is 13.5. The number of hydrogen-bond acceptors (Lipinski definition) is 6. The van der Waals surface area contributed by atoms with Crippen LogP contribution in [0.3, 0.4) is 0 Å². The number of carbonyl (C=O) groups excluding carboxylic acids is 1. The minimum atomic E-state index is -3.91. The lowest BCUT2D eigenvalue weighted by Gasteiger charge is -2.51. The lowest BCUT2D eigenvalue weighted by molar-refractivity contribution is -0.144. The summed E-state index contributed by atoms with van der Waals surface area (Å²) in [5, 5.41) is 11.4.